The van der Waals surface area contributed by atoms with Crippen LogP contribution in [0.4, 0.5) is 5.69 Å². The molecule has 1 amide bonds. The third-order valence-corrected chi connectivity index (χ3v) is 4.20. The first-order valence-electron chi connectivity index (χ1n) is 7.51. The molecule has 0 spiro atoms. The summed E-state index contributed by atoms with van der Waals surface area (Å²) in [6.07, 6.45) is 2.39. The molecular formula is C17H21NO4S. The van der Waals surface area contributed by atoms with E-state index in [4.69, 9.17) is 9.47 Å². The monoisotopic (exact) mass is 335 g/mol. The van der Waals surface area contributed by atoms with Gasteiger partial charge in [0, 0.05) is 11.8 Å². The Labute approximate surface area is 140 Å². The summed E-state index contributed by atoms with van der Waals surface area (Å²) in [6, 6.07) is 7.18. The Morgan fingerprint density at radius 3 is 2.48 bits per heavy atom. The van der Waals surface area contributed by atoms with E-state index in [1.165, 1.54) is 17.8 Å². The van der Waals surface area contributed by atoms with Gasteiger partial charge in [0.25, 0.3) is 5.91 Å². The number of carbonyl (C=O) groups excluding carboxylic acids is 2. The van der Waals surface area contributed by atoms with Gasteiger partial charge in [-0.3, -0.25) is 9.59 Å². The molecule has 6 heteroatoms. The van der Waals surface area contributed by atoms with Gasteiger partial charge < -0.3 is 14.8 Å². The Hall–Kier alpha value is -1.95. The summed E-state index contributed by atoms with van der Waals surface area (Å²) in [6.45, 7) is 6.36. The number of carbonyl (C=O) groups is 2. The number of rotatable bonds is 7. The van der Waals surface area contributed by atoms with Gasteiger partial charge in [-0.25, -0.2) is 0 Å². The lowest BCUT2D eigenvalue weighted by Gasteiger charge is -2.20. The van der Waals surface area contributed by atoms with Crippen molar-refractivity contribution in [3.8, 4) is 5.75 Å². The smallest absolute Gasteiger partial charge is 0.262 e. The zero-order chi connectivity index (χ0) is 16.9. The molecule has 0 aromatic heterocycles. The lowest BCUT2D eigenvalue weighted by Crippen LogP contribution is -2.23. The van der Waals surface area contributed by atoms with E-state index < -0.39 is 4.75 Å². The lowest BCUT2D eigenvalue weighted by molar-refractivity contribution is -0.119. The molecule has 0 unspecified atom stereocenters. The standard InChI is InChI=1S/C17H21NO4S/c1-4-9-21-13-7-5-12(6-8-13)18-15(19)11-22-14-10-16(20)23-17(14,2)3/h5-8,10H,4,9,11H2,1-3H3,(H,18,19). The molecule has 1 N–H and O–H groups in total. The number of hydrogen-bond acceptors (Lipinski definition) is 5. The SMILES string of the molecule is CCCOc1ccc(NC(=O)COC2=CC(=O)SC2(C)C)cc1. The highest BCUT2D eigenvalue weighted by Gasteiger charge is 2.35. The Kier molecular flexibility index (Phi) is 5.71. The fraction of sp³-hybridized carbons (Fsp3) is 0.412. The lowest BCUT2D eigenvalue weighted by atomic mass is 10.1. The molecule has 0 saturated carbocycles. The molecule has 1 aliphatic heterocycles. The summed E-state index contributed by atoms with van der Waals surface area (Å²) < 4.78 is 10.5. The zero-order valence-corrected chi connectivity index (χ0v) is 14.4. The number of benzene rings is 1. The average Bonchev–Trinajstić information content (AvgIpc) is 2.76. The second-order valence-electron chi connectivity index (χ2n) is 5.65. The van der Waals surface area contributed by atoms with Crippen molar-refractivity contribution in [3.05, 3.63) is 36.1 Å². The minimum Gasteiger partial charge on any atom is -0.494 e. The van der Waals surface area contributed by atoms with Crippen molar-refractivity contribution < 1.29 is 19.1 Å². The van der Waals surface area contributed by atoms with E-state index in [1.807, 2.05) is 32.9 Å². The Morgan fingerprint density at radius 1 is 1.22 bits per heavy atom. The highest BCUT2D eigenvalue weighted by molar-refractivity contribution is 8.15. The van der Waals surface area contributed by atoms with Crippen molar-refractivity contribution in [3.63, 3.8) is 0 Å². The molecule has 124 valence electrons. The van der Waals surface area contributed by atoms with Crippen LogP contribution in [0.3, 0.4) is 0 Å². The van der Waals surface area contributed by atoms with Crippen LogP contribution in [0.1, 0.15) is 27.2 Å². The van der Waals surface area contributed by atoms with Crippen LogP contribution in [0.15, 0.2) is 36.1 Å². The van der Waals surface area contributed by atoms with E-state index >= 15 is 0 Å². The maximum Gasteiger partial charge on any atom is 0.262 e. The largest absolute Gasteiger partial charge is 0.494 e. The molecule has 1 aromatic carbocycles. The number of hydrogen-bond donors (Lipinski definition) is 1. The Balaban J connectivity index is 1.83. The Bertz CT molecular complexity index is 608. The quantitative estimate of drug-likeness (QED) is 0.828. The fourth-order valence-electron chi connectivity index (χ4n) is 2.02. The molecule has 2 rings (SSSR count). The van der Waals surface area contributed by atoms with Gasteiger partial charge in [0.2, 0.25) is 5.12 Å². The van der Waals surface area contributed by atoms with E-state index in [2.05, 4.69) is 5.32 Å². The van der Waals surface area contributed by atoms with Crippen molar-refractivity contribution in [2.75, 3.05) is 18.5 Å². The second-order valence-corrected chi connectivity index (χ2v) is 7.28. The molecule has 5 nitrogen and oxygen atoms in total. The Morgan fingerprint density at radius 2 is 1.91 bits per heavy atom. The van der Waals surface area contributed by atoms with Crippen molar-refractivity contribution in [1.29, 1.82) is 0 Å². The van der Waals surface area contributed by atoms with Gasteiger partial charge in [-0.15, -0.1) is 0 Å². The van der Waals surface area contributed by atoms with Gasteiger partial charge in [0.15, 0.2) is 6.61 Å². The molecular weight excluding hydrogens is 314 g/mol. The topological polar surface area (TPSA) is 64.6 Å². The molecule has 0 bridgehead atoms. The molecule has 1 heterocycles. The van der Waals surface area contributed by atoms with E-state index in [0.717, 1.165) is 12.2 Å². The van der Waals surface area contributed by atoms with Crippen molar-refractivity contribution in [1.82, 2.24) is 0 Å². The van der Waals surface area contributed by atoms with Crippen LogP contribution in [0.5, 0.6) is 5.75 Å². The molecule has 0 aliphatic carbocycles. The van der Waals surface area contributed by atoms with Gasteiger partial charge in [0.05, 0.1) is 11.4 Å². The molecule has 23 heavy (non-hydrogen) atoms. The van der Waals surface area contributed by atoms with Gasteiger partial charge >= 0.3 is 0 Å². The van der Waals surface area contributed by atoms with Crippen molar-refractivity contribution >= 4 is 28.5 Å². The van der Waals surface area contributed by atoms with E-state index in [1.54, 1.807) is 12.1 Å². The molecule has 0 fully saturated rings. The van der Waals surface area contributed by atoms with Crippen LogP contribution in [0.2, 0.25) is 0 Å². The first kappa shape index (κ1) is 17.4. The predicted molar refractivity (Wildman–Crippen MR) is 91.6 cm³/mol. The number of anilines is 1. The summed E-state index contributed by atoms with van der Waals surface area (Å²) in [5.74, 6) is 1.04. The average molecular weight is 335 g/mol. The summed E-state index contributed by atoms with van der Waals surface area (Å²) in [7, 11) is 0. The number of nitrogens with one attached hydrogen (secondary N) is 1. The predicted octanol–water partition coefficient (Wildman–Crippen LogP) is 3.37. The third-order valence-electron chi connectivity index (χ3n) is 3.17. The first-order valence-corrected chi connectivity index (χ1v) is 8.33. The minimum atomic E-state index is -0.421. The highest BCUT2D eigenvalue weighted by Crippen LogP contribution is 2.39. The minimum absolute atomic E-state index is 0.0481. The third kappa shape index (κ3) is 5.03. The van der Waals surface area contributed by atoms with Gasteiger partial charge in [-0.1, -0.05) is 18.7 Å². The zero-order valence-electron chi connectivity index (χ0n) is 13.5. The summed E-state index contributed by atoms with van der Waals surface area (Å²) in [5.41, 5.74) is 0.674. The number of thioether (sulfide) groups is 1. The first-order chi connectivity index (χ1) is 10.9. The van der Waals surface area contributed by atoms with E-state index in [0.29, 0.717) is 18.1 Å². The van der Waals surface area contributed by atoms with Crippen LogP contribution in [-0.2, 0) is 14.3 Å². The summed E-state index contributed by atoms with van der Waals surface area (Å²) >= 11 is 1.19. The van der Waals surface area contributed by atoms with E-state index in [9.17, 15) is 9.59 Å². The molecule has 0 radical (unpaired) electrons. The van der Waals surface area contributed by atoms with E-state index in [-0.39, 0.29) is 17.6 Å². The van der Waals surface area contributed by atoms with Crippen LogP contribution < -0.4 is 10.1 Å². The molecule has 1 aromatic rings. The molecule has 1 aliphatic rings. The molecule has 0 atom stereocenters. The van der Waals surface area contributed by atoms with Crippen molar-refractivity contribution in [2.24, 2.45) is 0 Å². The van der Waals surface area contributed by atoms with Gasteiger partial charge in [-0.2, -0.15) is 0 Å². The van der Waals surface area contributed by atoms with Gasteiger partial charge in [0.1, 0.15) is 11.5 Å². The number of ether oxygens (including phenoxy) is 2. The number of amides is 1. The highest BCUT2D eigenvalue weighted by atomic mass is 32.2. The van der Waals surface area contributed by atoms with Crippen molar-refractivity contribution in [2.45, 2.75) is 31.9 Å². The van der Waals surface area contributed by atoms with Crippen LogP contribution >= 0.6 is 11.8 Å². The summed E-state index contributed by atoms with van der Waals surface area (Å²) in [4.78, 5) is 23.3. The second kappa shape index (κ2) is 7.55. The van der Waals surface area contributed by atoms with Crippen LogP contribution in [0.25, 0.3) is 0 Å². The van der Waals surface area contributed by atoms with Gasteiger partial charge in [-0.05, 0) is 44.5 Å². The van der Waals surface area contributed by atoms with Crippen LogP contribution in [0, 0.1) is 0 Å². The normalized spacial score (nSPS) is 16.0. The molecule has 0 saturated heterocycles. The fourth-order valence-corrected chi connectivity index (χ4v) is 2.91. The maximum absolute atomic E-state index is 11.9. The maximum atomic E-state index is 11.9. The summed E-state index contributed by atoms with van der Waals surface area (Å²) in [5, 5.41) is 2.70. The van der Waals surface area contributed by atoms with Crippen LogP contribution in [-0.4, -0.2) is 29.0 Å².